The molecule has 1 aliphatic heterocycles. The number of methoxy groups -OCH3 is 1. The van der Waals surface area contributed by atoms with Gasteiger partial charge in [-0.1, -0.05) is 0 Å². The maximum Gasteiger partial charge on any atom is 0.243 e. The Balaban J connectivity index is 1.68. The number of aromatic amines is 1. The fourth-order valence-electron chi connectivity index (χ4n) is 3.55. The lowest BCUT2D eigenvalue weighted by molar-refractivity contribution is 0.0730. The zero-order chi connectivity index (χ0) is 23.6. The number of ether oxygens (including phenoxy) is 2. The van der Waals surface area contributed by atoms with E-state index in [-0.39, 0.29) is 16.9 Å². The third-order valence-electron chi connectivity index (χ3n) is 5.10. The van der Waals surface area contributed by atoms with Crippen molar-refractivity contribution in [2.45, 2.75) is 24.8 Å². The van der Waals surface area contributed by atoms with E-state index in [9.17, 15) is 13.7 Å². The van der Waals surface area contributed by atoms with Gasteiger partial charge in [-0.25, -0.2) is 8.42 Å². The fraction of sp³-hybridized carbons (Fsp3) is 0.381. The lowest BCUT2D eigenvalue weighted by atomic mass is 10.2. The number of fused-ring (bicyclic) bond motifs is 1. The number of H-pyrrole nitrogens is 1. The molecule has 0 amide bonds. The third-order valence-corrected chi connectivity index (χ3v) is 7.00. The van der Waals surface area contributed by atoms with Crippen LogP contribution in [-0.2, 0) is 14.8 Å². The number of hydrogen-bond acceptors (Lipinski definition) is 9. The van der Waals surface area contributed by atoms with Gasteiger partial charge in [0.2, 0.25) is 16.0 Å². The average Bonchev–Trinajstić information content (AvgIpc) is 3.23. The largest absolute Gasteiger partial charge is 0.495 e. The van der Waals surface area contributed by atoms with Crippen molar-refractivity contribution in [1.82, 2.24) is 19.3 Å². The number of rotatable bonds is 7. The maximum atomic E-state index is 13.0. The third kappa shape index (κ3) is 4.56. The van der Waals surface area contributed by atoms with E-state index in [0.717, 1.165) is 0 Å². The maximum absolute atomic E-state index is 13.0. The van der Waals surface area contributed by atoms with Gasteiger partial charge in [-0.05, 0) is 26.0 Å². The standard InChI is InChI=1S/C21H25N7O4S/c1-13(2)24-20-18-14(11-22)12-23-19(18)26-21(27-20)25-16-5-4-15(10-17(16)31-3)33(29,30)28-6-8-32-9-7-28/h4-5,10,12-13H,6-9H2,1-3H3,(H3,23,24,25,26,27). The molecule has 12 heteroatoms. The molecule has 0 atom stereocenters. The van der Waals surface area contributed by atoms with Gasteiger partial charge in [0.1, 0.15) is 23.3 Å². The normalized spacial score (nSPS) is 14.9. The molecule has 1 fully saturated rings. The smallest absolute Gasteiger partial charge is 0.243 e. The average molecular weight is 472 g/mol. The first-order valence-electron chi connectivity index (χ1n) is 10.4. The van der Waals surface area contributed by atoms with Crippen molar-refractivity contribution in [3.63, 3.8) is 0 Å². The highest BCUT2D eigenvalue weighted by Crippen LogP contribution is 2.32. The number of benzene rings is 1. The number of nitriles is 1. The second-order valence-electron chi connectivity index (χ2n) is 7.74. The molecule has 4 rings (SSSR count). The lowest BCUT2D eigenvalue weighted by Crippen LogP contribution is -2.40. The number of hydrogen-bond donors (Lipinski definition) is 3. The Bertz CT molecular complexity index is 1310. The van der Waals surface area contributed by atoms with Crippen LogP contribution in [0.25, 0.3) is 11.0 Å². The molecule has 1 aliphatic rings. The summed E-state index contributed by atoms with van der Waals surface area (Å²) >= 11 is 0. The highest BCUT2D eigenvalue weighted by atomic mass is 32.2. The molecule has 3 heterocycles. The molecule has 0 bridgehead atoms. The van der Waals surface area contributed by atoms with Gasteiger partial charge < -0.3 is 25.1 Å². The molecule has 0 radical (unpaired) electrons. The SMILES string of the molecule is COc1cc(S(=O)(=O)N2CCOCC2)ccc1Nc1nc(NC(C)C)c2c(C#N)c[nH]c2n1. The summed E-state index contributed by atoms with van der Waals surface area (Å²) in [5.41, 5.74) is 1.44. The van der Waals surface area contributed by atoms with Crippen LogP contribution in [0, 0.1) is 11.3 Å². The minimum absolute atomic E-state index is 0.0802. The molecule has 174 valence electrons. The van der Waals surface area contributed by atoms with Gasteiger partial charge in [0.05, 0.1) is 41.9 Å². The number of sulfonamides is 1. The molecule has 33 heavy (non-hydrogen) atoms. The van der Waals surface area contributed by atoms with Crippen molar-refractivity contribution in [1.29, 1.82) is 5.26 Å². The molecule has 0 aliphatic carbocycles. The molecule has 3 N–H and O–H groups in total. The van der Waals surface area contributed by atoms with Gasteiger partial charge in [-0.15, -0.1) is 0 Å². The fourth-order valence-corrected chi connectivity index (χ4v) is 4.97. The van der Waals surface area contributed by atoms with Crippen molar-refractivity contribution >= 4 is 38.5 Å². The highest BCUT2D eigenvalue weighted by molar-refractivity contribution is 7.89. The van der Waals surface area contributed by atoms with E-state index in [0.29, 0.717) is 60.2 Å². The van der Waals surface area contributed by atoms with Crippen LogP contribution in [0.1, 0.15) is 19.4 Å². The lowest BCUT2D eigenvalue weighted by Gasteiger charge is -2.26. The Morgan fingerprint density at radius 2 is 2.03 bits per heavy atom. The van der Waals surface area contributed by atoms with Crippen molar-refractivity contribution in [2.24, 2.45) is 0 Å². The van der Waals surface area contributed by atoms with Crippen LogP contribution < -0.4 is 15.4 Å². The van der Waals surface area contributed by atoms with Crippen molar-refractivity contribution < 1.29 is 17.9 Å². The molecule has 0 saturated carbocycles. The predicted octanol–water partition coefficient (Wildman–Crippen LogP) is 2.42. The summed E-state index contributed by atoms with van der Waals surface area (Å²) in [5, 5.41) is 16.3. The van der Waals surface area contributed by atoms with E-state index in [4.69, 9.17) is 9.47 Å². The van der Waals surface area contributed by atoms with Crippen LogP contribution in [0.4, 0.5) is 17.5 Å². The molecule has 0 unspecified atom stereocenters. The van der Waals surface area contributed by atoms with Crippen molar-refractivity contribution in [3.05, 3.63) is 30.0 Å². The van der Waals surface area contributed by atoms with E-state index in [1.165, 1.54) is 23.5 Å². The van der Waals surface area contributed by atoms with Gasteiger partial charge in [-0.3, -0.25) is 0 Å². The molecule has 1 aromatic carbocycles. The van der Waals surface area contributed by atoms with Crippen LogP contribution in [0.5, 0.6) is 5.75 Å². The number of anilines is 3. The van der Waals surface area contributed by atoms with Crippen LogP contribution in [0.3, 0.4) is 0 Å². The molecule has 3 aromatic rings. The van der Waals surface area contributed by atoms with Crippen LogP contribution in [-0.4, -0.2) is 67.1 Å². The zero-order valence-electron chi connectivity index (χ0n) is 18.5. The number of nitrogens with zero attached hydrogens (tertiary/aromatic N) is 4. The van der Waals surface area contributed by atoms with E-state index >= 15 is 0 Å². The van der Waals surface area contributed by atoms with Gasteiger partial charge in [0, 0.05) is 31.4 Å². The summed E-state index contributed by atoms with van der Waals surface area (Å²) < 4.78 is 38.1. The Morgan fingerprint density at radius 3 is 2.70 bits per heavy atom. The first-order valence-corrected chi connectivity index (χ1v) is 11.9. The number of aromatic nitrogens is 3. The first kappa shape index (κ1) is 22.8. The Hall–Kier alpha value is -3.40. The zero-order valence-corrected chi connectivity index (χ0v) is 19.4. The molecular weight excluding hydrogens is 446 g/mol. The summed E-state index contributed by atoms with van der Waals surface area (Å²) in [4.78, 5) is 12.1. The minimum atomic E-state index is -3.66. The predicted molar refractivity (Wildman–Crippen MR) is 123 cm³/mol. The summed E-state index contributed by atoms with van der Waals surface area (Å²) in [6.45, 7) is 5.30. The summed E-state index contributed by atoms with van der Waals surface area (Å²) in [6.07, 6.45) is 1.58. The van der Waals surface area contributed by atoms with Gasteiger partial charge in [0.25, 0.3) is 0 Å². The Labute approximate surface area is 191 Å². The van der Waals surface area contributed by atoms with Crippen LogP contribution in [0.15, 0.2) is 29.3 Å². The van der Waals surface area contributed by atoms with Gasteiger partial charge in [-0.2, -0.15) is 19.5 Å². The number of nitrogens with one attached hydrogen (secondary N) is 3. The second kappa shape index (κ2) is 9.22. The van der Waals surface area contributed by atoms with Crippen molar-refractivity contribution in [2.75, 3.05) is 44.0 Å². The summed E-state index contributed by atoms with van der Waals surface area (Å²) in [6, 6.07) is 6.83. The van der Waals surface area contributed by atoms with E-state index in [1.807, 2.05) is 13.8 Å². The molecule has 11 nitrogen and oxygen atoms in total. The summed E-state index contributed by atoms with van der Waals surface area (Å²) in [7, 11) is -2.20. The van der Waals surface area contributed by atoms with Gasteiger partial charge in [0.15, 0.2) is 0 Å². The number of morpholine rings is 1. The van der Waals surface area contributed by atoms with Gasteiger partial charge >= 0.3 is 0 Å². The Morgan fingerprint density at radius 1 is 1.27 bits per heavy atom. The van der Waals surface area contributed by atoms with Crippen LogP contribution in [0.2, 0.25) is 0 Å². The van der Waals surface area contributed by atoms with E-state index < -0.39 is 10.0 Å². The Kier molecular flexibility index (Phi) is 6.37. The van der Waals surface area contributed by atoms with E-state index in [2.05, 4.69) is 31.7 Å². The molecule has 1 saturated heterocycles. The first-order chi connectivity index (χ1) is 15.8. The monoisotopic (exact) mass is 471 g/mol. The van der Waals surface area contributed by atoms with Crippen LogP contribution >= 0.6 is 0 Å². The molecule has 2 aromatic heterocycles. The summed E-state index contributed by atoms with van der Waals surface area (Å²) in [5.74, 6) is 1.11. The van der Waals surface area contributed by atoms with Crippen molar-refractivity contribution in [3.8, 4) is 11.8 Å². The highest BCUT2D eigenvalue weighted by Gasteiger charge is 2.27. The second-order valence-corrected chi connectivity index (χ2v) is 9.67. The quantitative estimate of drug-likeness (QED) is 0.473. The molecular formula is C21H25N7O4S. The van der Waals surface area contributed by atoms with E-state index in [1.54, 1.807) is 12.3 Å². The minimum Gasteiger partial charge on any atom is -0.495 e. The molecule has 0 spiro atoms. The topological polar surface area (TPSA) is 145 Å².